The lowest BCUT2D eigenvalue weighted by Gasteiger charge is -2.39. The Labute approximate surface area is 177 Å². The second-order valence-corrected chi connectivity index (χ2v) is 8.54. The molecule has 1 fully saturated rings. The van der Waals surface area contributed by atoms with Crippen LogP contribution in [0.5, 0.6) is 0 Å². The summed E-state index contributed by atoms with van der Waals surface area (Å²) < 4.78 is 30.5. The van der Waals surface area contributed by atoms with Crippen molar-refractivity contribution in [2.45, 2.75) is 70.2 Å². The molecular formula is C21H24F2N4O4. The number of fused-ring (bicyclic) bond motifs is 1. The van der Waals surface area contributed by atoms with Gasteiger partial charge in [0.25, 0.3) is 17.7 Å². The number of carbonyl (C=O) groups excluding carboxylic acids is 2. The number of hydrogen-bond acceptors (Lipinski definition) is 6. The molecular weight excluding hydrogens is 410 g/mol. The maximum atomic E-state index is 13.2. The van der Waals surface area contributed by atoms with Crippen molar-refractivity contribution in [2.75, 3.05) is 0 Å². The minimum atomic E-state index is -2.87. The molecule has 0 saturated heterocycles. The number of nitrogens with zero attached hydrogens (tertiary/aromatic N) is 3. The van der Waals surface area contributed by atoms with Crippen molar-refractivity contribution in [3.05, 3.63) is 35.2 Å². The summed E-state index contributed by atoms with van der Waals surface area (Å²) in [7, 11) is 0. The van der Waals surface area contributed by atoms with Crippen LogP contribution in [-0.2, 0) is 11.3 Å². The van der Waals surface area contributed by atoms with Crippen LogP contribution in [0.2, 0.25) is 0 Å². The first kappa shape index (κ1) is 21.4. The highest BCUT2D eigenvalue weighted by molar-refractivity contribution is 5.99. The Morgan fingerprint density at radius 3 is 2.71 bits per heavy atom. The maximum absolute atomic E-state index is 13.2. The average molecular weight is 434 g/mol. The number of amides is 2. The normalized spacial score (nSPS) is 21.5. The number of carbonyl (C=O) groups is 2. The predicted molar refractivity (Wildman–Crippen MR) is 105 cm³/mol. The summed E-state index contributed by atoms with van der Waals surface area (Å²) in [5.74, 6) is -1.50. The van der Waals surface area contributed by atoms with Crippen molar-refractivity contribution >= 4 is 11.8 Å². The summed E-state index contributed by atoms with van der Waals surface area (Å²) in [6.07, 6.45) is 0.454. The van der Waals surface area contributed by atoms with E-state index in [1.165, 1.54) is 13.8 Å². The molecule has 2 N–H and O–H groups in total. The maximum Gasteiger partial charge on any atom is 0.314 e. The fourth-order valence-corrected chi connectivity index (χ4v) is 4.16. The largest absolute Gasteiger partial charge is 0.415 e. The van der Waals surface area contributed by atoms with E-state index in [1.54, 1.807) is 23.1 Å². The minimum absolute atomic E-state index is 0.0719. The van der Waals surface area contributed by atoms with Crippen LogP contribution in [0.15, 0.2) is 22.6 Å². The number of halogens is 2. The predicted octanol–water partition coefficient (Wildman–Crippen LogP) is 2.83. The molecule has 4 rings (SSSR count). The van der Waals surface area contributed by atoms with Crippen LogP contribution in [-0.4, -0.2) is 49.7 Å². The third-order valence-corrected chi connectivity index (χ3v) is 5.82. The monoisotopic (exact) mass is 434 g/mol. The number of aromatic nitrogens is 2. The number of benzene rings is 1. The molecule has 2 aliphatic rings. The summed E-state index contributed by atoms with van der Waals surface area (Å²) in [6, 6.07) is 4.54. The van der Waals surface area contributed by atoms with Crippen LogP contribution in [0, 0.1) is 0 Å². The van der Waals surface area contributed by atoms with Crippen molar-refractivity contribution in [1.29, 1.82) is 0 Å². The Hall–Kier alpha value is -2.88. The summed E-state index contributed by atoms with van der Waals surface area (Å²) in [5, 5.41) is 19.8. The fraction of sp³-hybridized carbons (Fsp3) is 0.524. The lowest BCUT2D eigenvalue weighted by molar-refractivity contribution is -0.137. The number of hydrogen-bond donors (Lipinski definition) is 2. The van der Waals surface area contributed by atoms with Crippen molar-refractivity contribution < 1.29 is 27.9 Å². The number of rotatable bonds is 5. The summed E-state index contributed by atoms with van der Waals surface area (Å²) in [4.78, 5) is 27.2. The van der Waals surface area contributed by atoms with Crippen LogP contribution >= 0.6 is 0 Å². The quantitative estimate of drug-likeness (QED) is 0.749. The molecule has 1 saturated carbocycles. The Kier molecular flexibility index (Phi) is 5.50. The van der Waals surface area contributed by atoms with Gasteiger partial charge in [0.05, 0.1) is 6.04 Å². The molecule has 0 unspecified atom stereocenters. The molecule has 2 heterocycles. The van der Waals surface area contributed by atoms with Gasteiger partial charge in [-0.25, -0.2) is 0 Å². The van der Waals surface area contributed by atoms with Gasteiger partial charge in [0.2, 0.25) is 5.89 Å². The van der Waals surface area contributed by atoms with Gasteiger partial charge in [0, 0.05) is 23.7 Å². The van der Waals surface area contributed by atoms with Gasteiger partial charge in [-0.05, 0) is 44.4 Å². The van der Waals surface area contributed by atoms with E-state index in [0.717, 1.165) is 31.2 Å². The summed E-state index contributed by atoms with van der Waals surface area (Å²) in [6.45, 7) is 3.24. The van der Waals surface area contributed by atoms with Gasteiger partial charge >= 0.3 is 6.43 Å². The number of aliphatic hydroxyl groups is 1. The smallest absolute Gasteiger partial charge is 0.314 e. The highest BCUT2D eigenvalue weighted by Gasteiger charge is 2.40. The van der Waals surface area contributed by atoms with Crippen molar-refractivity contribution in [2.24, 2.45) is 0 Å². The van der Waals surface area contributed by atoms with Gasteiger partial charge in [-0.15, -0.1) is 10.2 Å². The SMILES string of the molecule is CC(C)(O)C(=O)N[C@@H]1CCCC[C@H]1N1Cc2ccc(-c3nnc(C(F)F)o3)cc2C1=O. The van der Waals surface area contributed by atoms with Gasteiger partial charge in [-0.3, -0.25) is 9.59 Å². The van der Waals surface area contributed by atoms with E-state index in [2.05, 4.69) is 15.5 Å². The molecule has 8 nitrogen and oxygen atoms in total. The lowest BCUT2D eigenvalue weighted by atomic mass is 9.88. The Morgan fingerprint density at radius 2 is 2.03 bits per heavy atom. The van der Waals surface area contributed by atoms with Crippen LogP contribution < -0.4 is 5.32 Å². The van der Waals surface area contributed by atoms with Crippen LogP contribution in [0.4, 0.5) is 8.78 Å². The molecule has 166 valence electrons. The first-order valence-electron chi connectivity index (χ1n) is 10.2. The molecule has 1 aliphatic carbocycles. The van der Waals surface area contributed by atoms with Crippen molar-refractivity contribution in [1.82, 2.24) is 20.4 Å². The molecule has 2 aromatic rings. The van der Waals surface area contributed by atoms with Crippen LogP contribution in [0.1, 0.15) is 67.8 Å². The zero-order valence-corrected chi connectivity index (χ0v) is 17.3. The van der Waals surface area contributed by atoms with Gasteiger partial charge in [-0.1, -0.05) is 18.9 Å². The van der Waals surface area contributed by atoms with Crippen LogP contribution in [0.25, 0.3) is 11.5 Å². The van der Waals surface area contributed by atoms with E-state index < -0.39 is 23.8 Å². The fourth-order valence-electron chi connectivity index (χ4n) is 4.16. The molecule has 31 heavy (non-hydrogen) atoms. The topological polar surface area (TPSA) is 109 Å². The molecule has 1 aromatic heterocycles. The Morgan fingerprint density at radius 1 is 1.29 bits per heavy atom. The van der Waals surface area contributed by atoms with Crippen molar-refractivity contribution in [3.8, 4) is 11.5 Å². The zero-order valence-electron chi connectivity index (χ0n) is 17.3. The molecule has 1 aliphatic heterocycles. The molecule has 0 radical (unpaired) electrons. The lowest BCUT2D eigenvalue weighted by Crippen LogP contribution is -2.56. The third-order valence-electron chi connectivity index (χ3n) is 5.82. The first-order valence-corrected chi connectivity index (χ1v) is 10.2. The Balaban J connectivity index is 1.55. The summed E-state index contributed by atoms with van der Waals surface area (Å²) >= 11 is 0. The van der Waals surface area contributed by atoms with Crippen LogP contribution in [0.3, 0.4) is 0 Å². The standard InChI is InChI=1S/C21H24F2N4O4/c1-21(2,30)20(29)24-14-5-3-4-6-15(14)27-10-12-8-7-11(9-13(12)19(27)28)17-25-26-18(31-17)16(22)23/h7-9,14-16,30H,3-6,10H2,1-2H3,(H,24,29)/t14-,15-/m1/s1. The van der Waals surface area contributed by atoms with E-state index in [1.807, 2.05) is 0 Å². The van der Waals surface area contributed by atoms with E-state index in [-0.39, 0.29) is 23.9 Å². The van der Waals surface area contributed by atoms with Gasteiger partial charge in [0.15, 0.2) is 0 Å². The minimum Gasteiger partial charge on any atom is -0.415 e. The van der Waals surface area contributed by atoms with Gasteiger partial charge in [0.1, 0.15) is 5.60 Å². The first-order chi connectivity index (χ1) is 14.6. The van der Waals surface area contributed by atoms with E-state index in [4.69, 9.17) is 4.42 Å². The highest BCUT2D eigenvalue weighted by Crippen LogP contribution is 2.34. The molecule has 1 aromatic carbocycles. The Bertz CT molecular complexity index is 1000. The molecule has 2 atom stereocenters. The number of nitrogens with one attached hydrogen (secondary N) is 1. The average Bonchev–Trinajstić information content (AvgIpc) is 3.33. The second-order valence-electron chi connectivity index (χ2n) is 8.54. The highest BCUT2D eigenvalue weighted by atomic mass is 19.3. The van der Waals surface area contributed by atoms with E-state index in [0.29, 0.717) is 17.7 Å². The van der Waals surface area contributed by atoms with Crippen molar-refractivity contribution in [3.63, 3.8) is 0 Å². The van der Waals surface area contributed by atoms with E-state index >= 15 is 0 Å². The molecule has 0 bridgehead atoms. The molecule has 10 heteroatoms. The van der Waals surface area contributed by atoms with Gasteiger partial charge in [-0.2, -0.15) is 8.78 Å². The third kappa shape index (κ3) is 4.16. The zero-order chi connectivity index (χ0) is 22.3. The summed E-state index contributed by atoms with van der Waals surface area (Å²) in [5.41, 5.74) is 0.146. The molecule has 0 spiro atoms. The molecule has 2 amide bonds. The van der Waals surface area contributed by atoms with Gasteiger partial charge < -0.3 is 19.7 Å². The van der Waals surface area contributed by atoms with E-state index in [9.17, 15) is 23.5 Å². The second kappa shape index (κ2) is 7.99. The number of alkyl halides is 2.